The molecule has 0 heterocycles. The van der Waals surface area contributed by atoms with Gasteiger partial charge >= 0.3 is 15.6 Å². The van der Waals surface area contributed by atoms with Gasteiger partial charge in [0, 0.05) is 4.91 Å². The Morgan fingerprint density at radius 1 is 1.37 bits per heavy atom. The van der Waals surface area contributed by atoms with Gasteiger partial charge in [-0.2, -0.15) is 21.6 Å². The number of alkyl halides is 3. The van der Waals surface area contributed by atoms with E-state index in [2.05, 4.69) is 14.2 Å². The zero-order chi connectivity index (χ0) is 14.8. The van der Waals surface area contributed by atoms with Crippen LogP contribution in [0.5, 0.6) is 5.75 Å². The second-order valence-electron chi connectivity index (χ2n) is 3.24. The highest BCUT2D eigenvalue weighted by atomic mass is 32.2. The van der Waals surface area contributed by atoms with Crippen molar-refractivity contribution in [1.29, 1.82) is 0 Å². The SMILES string of the molecule is Cc1cc(F)c(N=[N+]=[N-])cc1OS(=O)(=O)C(F)(F)F. The molecule has 0 bridgehead atoms. The van der Waals surface area contributed by atoms with Gasteiger partial charge in [0.2, 0.25) is 0 Å². The molecule has 0 atom stereocenters. The Hall–Kier alpha value is -2.00. The van der Waals surface area contributed by atoms with Gasteiger partial charge in [0.15, 0.2) is 0 Å². The summed E-state index contributed by atoms with van der Waals surface area (Å²) in [6.45, 7) is 1.13. The van der Waals surface area contributed by atoms with Crippen molar-refractivity contribution in [2.75, 3.05) is 0 Å². The van der Waals surface area contributed by atoms with E-state index < -0.39 is 32.9 Å². The summed E-state index contributed by atoms with van der Waals surface area (Å²) in [4.78, 5) is 2.24. The molecular formula is C8H5F4N3O3S. The average molecular weight is 299 g/mol. The summed E-state index contributed by atoms with van der Waals surface area (Å²) in [6.07, 6.45) is 0. The third kappa shape index (κ3) is 3.26. The van der Waals surface area contributed by atoms with Gasteiger partial charge in [-0.15, -0.1) is 0 Å². The second kappa shape index (κ2) is 4.94. The summed E-state index contributed by atoms with van der Waals surface area (Å²) in [6, 6.07) is 1.25. The van der Waals surface area contributed by atoms with Gasteiger partial charge in [-0.3, -0.25) is 0 Å². The molecule has 1 aromatic carbocycles. The van der Waals surface area contributed by atoms with E-state index in [1.807, 2.05) is 0 Å². The van der Waals surface area contributed by atoms with Gasteiger partial charge in [0.05, 0.1) is 5.69 Å². The maximum Gasteiger partial charge on any atom is 0.534 e. The molecule has 0 aliphatic rings. The fourth-order valence-electron chi connectivity index (χ4n) is 1.02. The minimum atomic E-state index is -5.88. The minimum Gasteiger partial charge on any atom is -0.376 e. The van der Waals surface area contributed by atoms with Crippen molar-refractivity contribution in [3.63, 3.8) is 0 Å². The van der Waals surface area contributed by atoms with Crippen LogP contribution in [-0.2, 0) is 10.1 Å². The monoisotopic (exact) mass is 299 g/mol. The lowest BCUT2D eigenvalue weighted by Crippen LogP contribution is -2.28. The molecule has 0 saturated heterocycles. The fourth-order valence-corrected chi connectivity index (χ4v) is 1.53. The Morgan fingerprint density at radius 3 is 2.42 bits per heavy atom. The van der Waals surface area contributed by atoms with E-state index in [1.54, 1.807) is 0 Å². The Morgan fingerprint density at radius 2 is 1.95 bits per heavy atom. The number of hydrogen-bond acceptors (Lipinski definition) is 4. The highest BCUT2D eigenvalue weighted by Gasteiger charge is 2.48. The summed E-state index contributed by atoms with van der Waals surface area (Å²) >= 11 is 0. The van der Waals surface area contributed by atoms with E-state index in [-0.39, 0.29) is 5.56 Å². The van der Waals surface area contributed by atoms with E-state index in [1.165, 1.54) is 0 Å². The fraction of sp³-hybridized carbons (Fsp3) is 0.250. The first-order valence-electron chi connectivity index (χ1n) is 4.44. The molecule has 104 valence electrons. The molecule has 6 nitrogen and oxygen atoms in total. The molecule has 0 aliphatic carbocycles. The first kappa shape index (κ1) is 15.1. The number of nitrogens with zero attached hydrogens (tertiary/aromatic N) is 3. The molecule has 0 N–H and O–H groups in total. The van der Waals surface area contributed by atoms with Crippen molar-refractivity contribution < 1.29 is 30.2 Å². The van der Waals surface area contributed by atoms with Gasteiger partial charge in [0.25, 0.3) is 0 Å². The van der Waals surface area contributed by atoms with Gasteiger partial charge in [-0.05, 0) is 30.2 Å². The molecule has 0 fully saturated rings. The summed E-state index contributed by atoms with van der Waals surface area (Å²) in [5.41, 5.74) is 1.61. The lowest BCUT2D eigenvalue weighted by Gasteiger charge is -2.12. The maximum atomic E-state index is 13.2. The second-order valence-corrected chi connectivity index (χ2v) is 4.78. The van der Waals surface area contributed by atoms with E-state index in [4.69, 9.17) is 5.53 Å². The Labute approximate surface area is 104 Å². The molecule has 0 radical (unpaired) electrons. The van der Waals surface area contributed by atoms with Crippen LogP contribution in [0.3, 0.4) is 0 Å². The zero-order valence-corrected chi connectivity index (χ0v) is 9.96. The number of benzene rings is 1. The summed E-state index contributed by atoms with van der Waals surface area (Å²) < 4.78 is 74.9. The first-order chi connectivity index (χ1) is 8.58. The van der Waals surface area contributed by atoms with Crippen LogP contribution in [-0.4, -0.2) is 13.9 Å². The van der Waals surface area contributed by atoms with Crippen LogP contribution in [0.15, 0.2) is 17.2 Å². The Balaban J connectivity index is 3.30. The molecule has 0 unspecified atom stereocenters. The highest BCUT2D eigenvalue weighted by Crippen LogP contribution is 2.32. The van der Waals surface area contributed by atoms with Crippen LogP contribution in [0.25, 0.3) is 10.4 Å². The Bertz CT molecular complexity index is 650. The standard InChI is InChI=1S/C8H5F4N3O3S/c1-4-2-5(9)6(14-15-13)3-7(4)18-19(16,17)8(10,11)12/h2-3H,1H3. The number of hydrogen-bond donors (Lipinski definition) is 0. The van der Waals surface area contributed by atoms with Crippen molar-refractivity contribution in [3.05, 3.63) is 34.0 Å². The molecule has 0 aliphatic heterocycles. The predicted octanol–water partition coefficient (Wildman–Crippen LogP) is 3.30. The molecule has 1 aromatic rings. The molecule has 0 aromatic heterocycles. The van der Waals surface area contributed by atoms with Crippen LogP contribution in [0.4, 0.5) is 23.2 Å². The molecule has 0 saturated carbocycles. The smallest absolute Gasteiger partial charge is 0.376 e. The van der Waals surface area contributed by atoms with Crippen molar-refractivity contribution in [2.24, 2.45) is 5.11 Å². The third-order valence-electron chi connectivity index (χ3n) is 1.88. The van der Waals surface area contributed by atoms with Crippen LogP contribution >= 0.6 is 0 Å². The number of halogens is 4. The predicted molar refractivity (Wildman–Crippen MR) is 55.5 cm³/mol. The normalized spacial score (nSPS) is 11.8. The molecule has 0 spiro atoms. The van der Waals surface area contributed by atoms with Crippen molar-refractivity contribution in [1.82, 2.24) is 0 Å². The van der Waals surface area contributed by atoms with Crippen LogP contribution < -0.4 is 4.18 Å². The van der Waals surface area contributed by atoms with Crippen LogP contribution in [0.2, 0.25) is 0 Å². The minimum absolute atomic E-state index is 0.206. The lowest BCUT2D eigenvalue weighted by atomic mass is 10.2. The molecule has 19 heavy (non-hydrogen) atoms. The molecule has 1 rings (SSSR count). The third-order valence-corrected chi connectivity index (χ3v) is 2.85. The summed E-state index contributed by atoms with van der Waals surface area (Å²) in [5.74, 6) is -1.80. The van der Waals surface area contributed by atoms with Crippen molar-refractivity contribution >= 4 is 15.8 Å². The number of azide groups is 1. The maximum absolute atomic E-state index is 13.2. The highest BCUT2D eigenvalue weighted by molar-refractivity contribution is 7.88. The zero-order valence-electron chi connectivity index (χ0n) is 9.14. The van der Waals surface area contributed by atoms with Crippen molar-refractivity contribution in [2.45, 2.75) is 12.4 Å². The van der Waals surface area contributed by atoms with Gasteiger partial charge < -0.3 is 4.18 Å². The Kier molecular flexibility index (Phi) is 3.91. The van der Waals surface area contributed by atoms with Crippen LogP contribution in [0.1, 0.15) is 5.56 Å². The quantitative estimate of drug-likeness (QED) is 0.214. The largest absolute Gasteiger partial charge is 0.534 e. The van der Waals surface area contributed by atoms with Crippen LogP contribution in [0, 0.1) is 12.7 Å². The molecule has 11 heteroatoms. The van der Waals surface area contributed by atoms with Gasteiger partial charge in [0.1, 0.15) is 11.6 Å². The topological polar surface area (TPSA) is 92.1 Å². The van der Waals surface area contributed by atoms with E-state index >= 15 is 0 Å². The van der Waals surface area contributed by atoms with Gasteiger partial charge in [-0.25, -0.2) is 4.39 Å². The van der Waals surface area contributed by atoms with Gasteiger partial charge in [-0.1, -0.05) is 5.11 Å². The number of rotatable bonds is 3. The molecular weight excluding hydrogens is 294 g/mol. The average Bonchev–Trinajstić information content (AvgIpc) is 2.23. The van der Waals surface area contributed by atoms with Crippen molar-refractivity contribution in [3.8, 4) is 5.75 Å². The lowest BCUT2D eigenvalue weighted by molar-refractivity contribution is -0.0500. The van der Waals surface area contributed by atoms with E-state index in [9.17, 15) is 26.0 Å². The molecule has 0 amide bonds. The van der Waals surface area contributed by atoms with E-state index in [0.29, 0.717) is 12.1 Å². The number of aryl methyl sites for hydroxylation is 1. The van der Waals surface area contributed by atoms with E-state index in [0.717, 1.165) is 6.92 Å². The first-order valence-corrected chi connectivity index (χ1v) is 5.85. The summed E-state index contributed by atoms with van der Waals surface area (Å²) in [5, 5.41) is 2.85. The summed E-state index contributed by atoms with van der Waals surface area (Å²) in [7, 11) is -5.88.